The second-order valence-electron chi connectivity index (χ2n) is 5.92. The molecule has 1 aromatic heterocycles. The first-order valence-corrected chi connectivity index (χ1v) is 8.88. The molecule has 1 aliphatic heterocycles. The van der Waals surface area contributed by atoms with Gasteiger partial charge in [0.05, 0.1) is 30.9 Å². The topological polar surface area (TPSA) is 76.2 Å². The molecule has 0 radical (unpaired) electrons. The van der Waals surface area contributed by atoms with Crippen molar-refractivity contribution in [2.45, 2.75) is 6.42 Å². The van der Waals surface area contributed by atoms with Gasteiger partial charge in [-0.1, -0.05) is 0 Å². The Balaban J connectivity index is 1.78. The summed E-state index contributed by atoms with van der Waals surface area (Å²) in [5, 5.41) is 11.2. The van der Waals surface area contributed by atoms with Gasteiger partial charge in [-0.05, 0) is 58.5 Å². The Morgan fingerprint density at radius 2 is 2.12 bits per heavy atom. The molecule has 1 atom stereocenters. The molecule has 1 aliphatic carbocycles. The first kappa shape index (κ1) is 16.2. The third kappa shape index (κ3) is 2.72. The van der Waals surface area contributed by atoms with Crippen LogP contribution in [0.2, 0.25) is 0 Å². The van der Waals surface area contributed by atoms with Crippen LogP contribution in [-0.4, -0.2) is 30.3 Å². The lowest BCUT2D eigenvalue weighted by Crippen LogP contribution is -2.14. The summed E-state index contributed by atoms with van der Waals surface area (Å²) in [6.45, 7) is 0. The Labute approximate surface area is 158 Å². The Morgan fingerprint density at radius 3 is 2.88 bits per heavy atom. The van der Waals surface area contributed by atoms with Crippen molar-refractivity contribution in [3.63, 3.8) is 0 Å². The minimum Gasteiger partial charge on any atom is -0.501 e. The summed E-state index contributed by atoms with van der Waals surface area (Å²) in [6.07, 6.45) is 6.39. The van der Waals surface area contributed by atoms with Gasteiger partial charge >= 0.3 is 0 Å². The zero-order valence-corrected chi connectivity index (χ0v) is 15.9. The molecule has 128 valence electrons. The number of hydrogen-bond acceptors (Lipinski definition) is 4. The Morgan fingerprint density at radius 1 is 1.28 bits per heavy atom. The van der Waals surface area contributed by atoms with Gasteiger partial charge in [-0.15, -0.1) is 0 Å². The third-order valence-electron chi connectivity index (χ3n) is 4.53. The van der Waals surface area contributed by atoms with E-state index in [0.29, 0.717) is 6.42 Å². The SMILES string of the molecule is COC1=CC=C2NC(=O)/C(=C/c3cc(OC)c4c(I)[nH]nc4c3)C2C1. The smallest absolute Gasteiger partial charge is 0.252 e. The number of benzene rings is 1. The number of nitrogens with zero attached hydrogens (tertiary/aromatic N) is 1. The Hall–Kier alpha value is -2.29. The highest BCUT2D eigenvalue weighted by molar-refractivity contribution is 14.1. The molecule has 0 saturated carbocycles. The molecule has 2 heterocycles. The molecule has 2 N–H and O–H groups in total. The van der Waals surface area contributed by atoms with Crippen molar-refractivity contribution in [3.8, 4) is 5.75 Å². The van der Waals surface area contributed by atoms with Gasteiger partial charge in [0.1, 0.15) is 9.45 Å². The molecule has 1 saturated heterocycles. The van der Waals surface area contributed by atoms with E-state index < -0.39 is 0 Å². The Bertz CT molecular complexity index is 971. The van der Waals surface area contributed by atoms with E-state index in [1.54, 1.807) is 14.2 Å². The minimum absolute atomic E-state index is 0.00605. The van der Waals surface area contributed by atoms with E-state index in [2.05, 4.69) is 38.1 Å². The normalized spacial score (nSPS) is 21.0. The van der Waals surface area contributed by atoms with Gasteiger partial charge in [-0.3, -0.25) is 9.89 Å². The van der Waals surface area contributed by atoms with Crippen LogP contribution < -0.4 is 10.1 Å². The first-order valence-electron chi connectivity index (χ1n) is 7.80. The fourth-order valence-electron chi connectivity index (χ4n) is 3.28. The average molecular weight is 449 g/mol. The number of aromatic amines is 1. The van der Waals surface area contributed by atoms with E-state index in [1.165, 1.54) is 0 Å². The maximum absolute atomic E-state index is 12.4. The van der Waals surface area contributed by atoms with Crippen LogP contribution in [0.3, 0.4) is 0 Å². The van der Waals surface area contributed by atoms with Gasteiger partial charge in [0.25, 0.3) is 5.91 Å². The van der Waals surface area contributed by atoms with Gasteiger partial charge < -0.3 is 14.8 Å². The van der Waals surface area contributed by atoms with E-state index in [0.717, 1.165) is 42.9 Å². The predicted molar refractivity (Wildman–Crippen MR) is 103 cm³/mol. The summed E-state index contributed by atoms with van der Waals surface area (Å²) in [6, 6.07) is 3.88. The van der Waals surface area contributed by atoms with Crippen LogP contribution in [0.1, 0.15) is 12.0 Å². The maximum Gasteiger partial charge on any atom is 0.252 e. The van der Waals surface area contributed by atoms with E-state index in [9.17, 15) is 4.79 Å². The first-order chi connectivity index (χ1) is 12.1. The molecule has 4 rings (SSSR count). The summed E-state index contributed by atoms with van der Waals surface area (Å²) >= 11 is 2.19. The van der Waals surface area contributed by atoms with Crippen LogP contribution in [0.25, 0.3) is 17.0 Å². The number of methoxy groups -OCH3 is 2. The summed E-state index contributed by atoms with van der Waals surface area (Å²) < 4.78 is 11.8. The van der Waals surface area contributed by atoms with Gasteiger partial charge in [0.2, 0.25) is 0 Å². The predicted octanol–water partition coefficient (Wildman–Crippen LogP) is 3.12. The number of fused-ring (bicyclic) bond motifs is 2. The maximum atomic E-state index is 12.4. The van der Waals surface area contributed by atoms with Crippen molar-refractivity contribution in [2.24, 2.45) is 5.92 Å². The minimum atomic E-state index is -0.0716. The lowest BCUT2D eigenvalue weighted by molar-refractivity contribution is -0.115. The molecular weight excluding hydrogens is 433 g/mol. The molecule has 25 heavy (non-hydrogen) atoms. The van der Waals surface area contributed by atoms with Crippen LogP contribution in [-0.2, 0) is 9.53 Å². The number of carbonyl (C=O) groups is 1. The van der Waals surface area contributed by atoms with E-state index in [-0.39, 0.29) is 11.8 Å². The molecule has 1 amide bonds. The highest BCUT2D eigenvalue weighted by Gasteiger charge is 2.35. The van der Waals surface area contributed by atoms with Crippen molar-refractivity contribution in [3.05, 3.63) is 50.6 Å². The lowest BCUT2D eigenvalue weighted by Gasteiger charge is -2.17. The van der Waals surface area contributed by atoms with Crippen LogP contribution in [0.4, 0.5) is 0 Å². The lowest BCUT2D eigenvalue weighted by atomic mass is 9.90. The van der Waals surface area contributed by atoms with Crippen molar-refractivity contribution < 1.29 is 14.3 Å². The zero-order chi connectivity index (χ0) is 17.6. The summed E-state index contributed by atoms with van der Waals surface area (Å²) in [5.41, 5.74) is 3.33. The van der Waals surface area contributed by atoms with Gasteiger partial charge in [-0.25, -0.2) is 0 Å². The molecule has 2 aliphatic rings. The molecule has 1 aromatic carbocycles. The molecule has 1 unspecified atom stereocenters. The fourth-order valence-corrected chi connectivity index (χ4v) is 3.95. The van der Waals surface area contributed by atoms with Crippen LogP contribution in [0.15, 0.2) is 41.3 Å². The zero-order valence-electron chi connectivity index (χ0n) is 13.7. The summed E-state index contributed by atoms with van der Waals surface area (Å²) in [5.74, 6) is 1.52. The number of rotatable bonds is 3. The highest BCUT2D eigenvalue weighted by atomic mass is 127. The van der Waals surface area contributed by atoms with Crippen molar-refractivity contribution in [2.75, 3.05) is 14.2 Å². The number of allylic oxidation sites excluding steroid dienone is 4. The van der Waals surface area contributed by atoms with Crippen LogP contribution >= 0.6 is 22.6 Å². The fraction of sp³-hybridized carbons (Fsp3) is 0.222. The average Bonchev–Trinajstić information content (AvgIpc) is 3.14. The van der Waals surface area contributed by atoms with Crippen LogP contribution in [0, 0.1) is 9.62 Å². The molecule has 1 fully saturated rings. The molecule has 2 aromatic rings. The second kappa shape index (κ2) is 6.21. The van der Waals surface area contributed by atoms with E-state index in [1.807, 2.05) is 30.4 Å². The second-order valence-corrected chi connectivity index (χ2v) is 7.00. The number of amides is 1. The van der Waals surface area contributed by atoms with Crippen molar-refractivity contribution in [1.82, 2.24) is 15.5 Å². The van der Waals surface area contributed by atoms with E-state index >= 15 is 0 Å². The van der Waals surface area contributed by atoms with Gasteiger partial charge in [0.15, 0.2) is 0 Å². The van der Waals surface area contributed by atoms with Crippen molar-refractivity contribution in [1.29, 1.82) is 0 Å². The van der Waals surface area contributed by atoms with Crippen molar-refractivity contribution >= 4 is 45.5 Å². The Kier molecular flexibility index (Phi) is 4.03. The highest BCUT2D eigenvalue weighted by Crippen LogP contribution is 2.37. The van der Waals surface area contributed by atoms with Crippen LogP contribution in [0.5, 0.6) is 5.75 Å². The third-order valence-corrected chi connectivity index (χ3v) is 5.31. The number of halogens is 1. The number of aromatic nitrogens is 2. The van der Waals surface area contributed by atoms with Gasteiger partial charge in [-0.2, -0.15) is 5.10 Å². The molecule has 0 bridgehead atoms. The number of hydrogen-bond donors (Lipinski definition) is 2. The molecule has 0 spiro atoms. The summed E-state index contributed by atoms with van der Waals surface area (Å²) in [7, 11) is 3.28. The van der Waals surface area contributed by atoms with Gasteiger partial charge in [0, 0.05) is 23.6 Å². The van der Waals surface area contributed by atoms with E-state index in [4.69, 9.17) is 9.47 Å². The number of carbonyl (C=O) groups excluding carboxylic acids is 1. The largest absolute Gasteiger partial charge is 0.501 e. The summed E-state index contributed by atoms with van der Waals surface area (Å²) in [4.78, 5) is 12.4. The monoisotopic (exact) mass is 449 g/mol. The number of H-pyrrole nitrogens is 1. The number of nitrogens with one attached hydrogen (secondary N) is 2. The molecular formula is C18H16IN3O3. The quantitative estimate of drug-likeness (QED) is 0.558. The number of ether oxygens (including phenoxy) is 2. The molecule has 7 heteroatoms. The molecule has 6 nitrogen and oxygen atoms in total. The standard InChI is InChI=1S/C18H16IN3O3/c1-24-10-3-4-13-11(8-10)12(18(23)20-13)5-9-6-14-16(15(7-9)25-2)17(19)22-21-14/h3-7,11H,8H2,1-2H3,(H,20,23)(H,21,22)/b12-5+.